The monoisotopic (exact) mass is 475 g/mol. The number of nitrogens with zero attached hydrogens (tertiary/aromatic N) is 4. The van der Waals surface area contributed by atoms with E-state index in [2.05, 4.69) is 16.5 Å². The molecule has 2 amide bonds. The number of benzene rings is 2. The van der Waals surface area contributed by atoms with Crippen LogP contribution in [0.4, 0.5) is 9.18 Å². The number of alkyl carbamates (subject to hydrolysis) is 1. The average molecular weight is 476 g/mol. The van der Waals surface area contributed by atoms with Gasteiger partial charge in [0.1, 0.15) is 11.9 Å². The van der Waals surface area contributed by atoms with Crippen LogP contribution in [0.15, 0.2) is 54.6 Å². The van der Waals surface area contributed by atoms with Crippen molar-refractivity contribution >= 4 is 12.0 Å². The molecule has 3 aromatic rings. The highest BCUT2D eigenvalue weighted by molar-refractivity contribution is 5.94. The highest BCUT2D eigenvalue weighted by Gasteiger charge is 2.32. The number of halogens is 1. The lowest BCUT2D eigenvalue weighted by molar-refractivity contribution is 0.0711. The zero-order valence-electron chi connectivity index (χ0n) is 19.8. The third-order valence-corrected chi connectivity index (χ3v) is 5.49. The summed E-state index contributed by atoms with van der Waals surface area (Å²) in [6, 6.07) is 16.5. The van der Waals surface area contributed by atoms with Gasteiger partial charge in [0.05, 0.1) is 29.6 Å². The van der Waals surface area contributed by atoms with Gasteiger partial charge in [-0.2, -0.15) is 10.4 Å². The summed E-state index contributed by atoms with van der Waals surface area (Å²) in [6.45, 7) is 6.29. The number of aromatic nitrogens is 2. The predicted molar refractivity (Wildman–Crippen MR) is 127 cm³/mol. The Labute approximate surface area is 202 Å². The van der Waals surface area contributed by atoms with Crippen LogP contribution in [-0.4, -0.2) is 51.4 Å². The minimum atomic E-state index is -0.513. The van der Waals surface area contributed by atoms with Crippen molar-refractivity contribution in [2.75, 3.05) is 13.1 Å². The van der Waals surface area contributed by atoms with Crippen molar-refractivity contribution < 1.29 is 18.7 Å². The number of ether oxygens (including phenoxy) is 1. The van der Waals surface area contributed by atoms with Gasteiger partial charge >= 0.3 is 6.09 Å². The molecule has 35 heavy (non-hydrogen) atoms. The summed E-state index contributed by atoms with van der Waals surface area (Å²) in [7, 11) is 0. The van der Waals surface area contributed by atoms with E-state index in [1.807, 2.05) is 20.8 Å². The van der Waals surface area contributed by atoms with Crippen LogP contribution in [0.25, 0.3) is 16.9 Å². The minimum absolute atomic E-state index is 0.216. The van der Waals surface area contributed by atoms with Gasteiger partial charge in [0.15, 0.2) is 5.69 Å². The van der Waals surface area contributed by atoms with Crippen LogP contribution in [0.2, 0.25) is 0 Å². The van der Waals surface area contributed by atoms with Crippen LogP contribution in [0, 0.1) is 17.1 Å². The maximum absolute atomic E-state index is 13.5. The van der Waals surface area contributed by atoms with Crippen LogP contribution < -0.4 is 5.32 Å². The molecule has 1 aliphatic heterocycles. The van der Waals surface area contributed by atoms with Crippen molar-refractivity contribution in [3.8, 4) is 23.0 Å². The fourth-order valence-electron chi connectivity index (χ4n) is 3.84. The molecule has 0 saturated carbocycles. The van der Waals surface area contributed by atoms with E-state index in [0.717, 1.165) is 0 Å². The Morgan fingerprint density at radius 1 is 1.14 bits per heavy atom. The van der Waals surface area contributed by atoms with Crippen molar-refractivity contribution in [2.24, 2.45) is 0 Å². The first-order chi connectivity index (χ1) is 16.6. The van der Waals surface area contributed by atoms with Crippen LogP contribution in [0.5, 0.6) is 0 Å². The number of likely N-dealkylation sites (tertiary alicyclic amines) is 1. The number of rotatable bonds is 4. The maximum atomic E-state index is 13.5. The molecule has 180 valence electrons. The van der Waals surface area contributed by atoms with Gasteiger partial charge in [0.25, 0.3) is 5.91 Å². The molecule has 2 aromatic carbocycles. The van der Waals surface area contributed by atoms with Gasteiger partial charge in [-0.1, -0.05) is 0 Å². The Kier molecular flexibility index (Phi) is 6.56. The number of hydrogen-bond acceptors (Lipinski definition) is 5. The van der Waals surface area contributed by atoms with Crippen molar-refractivity contribution in [2.45, 2.75) is 38.8 Å². The van der Waals surface area contributed by atoms with E-state index in [9.17, 15) is 14.0 Å². The van der Waals surface area contributed by atoms with Crippen LogP contribution in [0.1, 0.15) is 43.2 Å². The van der Waals surface area contributed by atoms with Crippen molar-refractivity contribution in [1.29, 1.82) is 5.26 Å². The van der Waals surface area contributed by atoms with E-state index in [0.29, 0.717) is 35.5 Å². The second-order valence-electron chi connectivity index (χ2n) is 9.43. The Morgan fingerprint density at radius 2 is 1.83 bits per heavy atom. The second kappa shape index (κ2) is 9.58. The fourth-order valence-corrected chi connectivity index (χ4v) is 3.84. The van der Waals surface area contributed by atoms with E-state index in [1.54, 1.807) is 52.0 Å². The van der Waals surface area contributed by atoms with Gasteiger partial charge in [-0.3, -0.25) is 4.79 Å². The quantitative estimate of drug-likeness (QED) is 0.607. The predicted octanol–water partition coefficient (Wildman–Crippen LogP) is 4.29. The highest BCUT2D eigenvalue weighted by atomic mass is 19.1. The number of nitriles is 1. The molecule has 8 nitrogen and oxygen atoms in total. The largest absolute Gasteiger partial charge is 0.444 e. The second-order valence-corrected chi connectivity index (χ2v) is 9.43. The highest BCUT2D eigenvalue weighted by Crippen LogP contribution is 2.26. The Hall–Kier alpha value is -4.19. The number of hydrogen-bond donors (Lipinski definition) is 1. The van der Waals surface area contributed by atoms with Crippen molar-refractivity contribution in [3.63, 3.8) is 0 Å². The molecule has 1 unspecified atom stereocenters. The summed E-state index contributed by atoms with van der Waals surface area (Å²) in [4.78, 5) is 27.0. The number of amides is 2. The molecular weight excluding hydrogens is 449 g/mol. The molecule has 0 bridgehead atoms. The normalized spacial score (nSPS) is 15.5. The van der Waals surface area contributed by atoms with Gasteiger partial charge in [-0.05, 0) is 75.4 Å². The molecule has 9 heteroatoms. The summed E-state index contributed by atoms with van der Waals surface area (Å²) in [6.07, 6.45) is -0.385. The summed E-state index contributed by atoms with van der Waals surface area (Å²) in [5, 5.41) is 16.4. The maximum Gasteiger partial charge on any atom is 0.407 e. The number of nitrogens with one attached hydrogen (secondary N) is 1. The van der Waals surface area contributed by atoms with Gasteiger partial charge in [0, 0.05) is 24.1 Å². The SMILES string of the molecule is CC(C)(C)NC(=O)OC1CCN(C(=O)c2cc(-c3ccc(F)cc3)n(-c3ccc(C#N)cc3)n2)C1. The van der Waals surface area contributed by atoms with E-state index in [-0.39, 0.29) is 24.0 Å². The fraction of sp³-hybridized carbons (Fsp3) is 0.308. The van der Waals surface area contributed by atoms with Gasteiger partial charge in [-0.15, -0.1) is 0 Å². The number of carbonyl (C=O) groups is 2. The molecule has 1 aromatic heterocycles. The third kappa shape index (κ3) is 5.66. The lowest BCUT2D eigenvalue weighted by Crippen LogP contribution is -2.42. The first-order valence-electron chi connectivity index (χ1n) is 11.3. The van der Waals surface area contributed by atoms with E-state index >= 15 is 0 Å². The first kappa shape index (κ1) is 24.0. The van der Waals surface area contributed by atoms with E-state index in [4.69, 9.17) is 10.00 Å². The molecule has 1 N–H and O–H groups in total. The van der Waals surface area contributed by atoms with Gasteiger partial charge in [-0.25, -0.2) is 13.9 Å². The Bertz CT molecular complexity index is 1270. The molecule has 0 aliphatic carbocycles. The van der Waals surface area contributed by atoms with Crippen LogP contribution in [0.3, 0.4) is 0 Å². The van der Waals surface area contributed by atoms with E-state index < -0.39 is 17.7 Å². The Morgan fingerprint density at radius 3 is 2.46 bits per heavy atom. The summed E-state index contributed by atoms with van der Waals surface area (Å²) < 4.78 is 20.6. The molecule has 2 heterocycles. The zero-order chi connectivity index (χ0) is 25.2. The van der Waals surface area contributed by atoms with Gasteiger partial charge < -0.3 is 15.0 Å². The van der Waals surface area contributed by atoms with Crippen LogP contribution >= 0.6 is 0 Å². The van der Waals surface area contributed by atoms with Crippen LogP contribution in [-0.2, 0) is 4.74 Å². The Balaban J connectivity index is 1.58. The molecule has 1 saturated heterocycles. The lowest BCUT2D eigenvalue weighted by atomic mass is 10.1. The van der Waals surface area contributed by atoms with Gasteiger partial charge in [0.2, 0.25) is 0 Å². The summed E-state index contributed by atoms with van der Waals surface area (Å²) in [5.41, 5.74) is 2.25. The summed E-state index contributed by atoms with van der Waals surface area (Å²) >= 11 is 0. The van der Waals surface area contributed by atoms with E-state index in [1.165, 1.54) is 12.1 Å². The first-order valence-corrected chi connectivity index (χ1v) is 11.3. The third-order valence-electron chi connectivity index (χ3n) is 5.49. The summed E-state index contributed by atoms with van der Waals surface area (Å²) in [5.74, 6) is -0.656. The number of carbonyl (C=O) groups excluding carboxylic acids is 2. The van der Waals surface area contributed by atoms with Crippen molar-refractivity contribution in [3.05, 3.63) is 71.7 Å². The smallest absolute Gasteiger partial charge is 0.407 e. The molecule has 4 rings (SSSR count). The lowest BCUT2D eigenvalue weighted by Gasteiger charge is -2.22. The molecule has 1 fully saturated rings. The molecule has 0 spiro atoms. The standard InChI is InChI=1S/C26H26FN5O3/c1-26(2,3)29-25(34)35-21-12-13-31(16-21)24(33)22-14-23(18-6-8-19(27)9-7-18)32(30-22)20-10-4-17(15-28)5-11-20/h4-11,14,21H,12-13,16H2,1-3H3,(H,29,34). The zero-order valence-corrected chi connectivity index (χ0v) is 19.8. The minimum Gasteiger partial charge on any atom is -0.444 e. The topological polar surface area (TPSA) is 100 Å². The average Bonchev–Trinajstić information content (AvgIpc) is 3.45. The molecular formula is C26H26FN5O3. The molecule has 0 radical (unpaired) electrons. The molecule has 1 atom stereocenters. The molecule has 1 aliphatic rings. The van der Waals surface area contributed by atoms with Crippen molar-refractivity contribution in [1.82, 2.24) is 20.0 Å².